The second-order valence-corrected chi connectivity index (χ2v) is 5.62. The maximum Gasteiger partial charge on any atom is 0.224 e. The lowest BCUT2D eigenvalue weighted by Crippen LogP contribution is -2.43. The fourth-order valence-corrected chi connectivity index (χ4v) is 2.44. The Kier molecular flexibility index (Phi) is 4.95. The SMILES string of the molecule is CC(C)CC(CN(C)C)N1CC(C#N)CC1=O. The molecule has 4 heteroatoms. The number of likely N-dealkylation sites (tertiary alicyclic amines) is 1. The standard InChI is InChI=1S/C13H23N3O/c1-10(2)5-12(9-15(3)4)16-8-11(7-14)6-13(16)17/h10-12H,5-6,8-9H2,1-4H3. The molecule has 1 fully saturated rings. The van der Waals surface area contributed by atoms with Gasteiger partial charge in [-0.05, 0) is 26.4 Å². The number of hydrogen-bond donors (Lipinski definition) is 0. The van der Waals surface area contributed by atoms with Crippen LogP contribution in [-0.2, 0) is 4.79 Å². The van der Waals surface area contributed by atoms with Crippen molar-refractivity contribution < 1.29 is 4.79 Å². The molecule has 0 spiro atoms. The van der Waals surface area contributed by atoms with E-state index < -0.39 is 0 Å². The van der Waals surface area contributed by atoms with E-state index in [1.165, 1.54) is 0 Å². The second kappa shape index (κ2) is 6.02. The molecule has 0 aromatic heterocycles. The highest BCUT2D eigenvalue weighted by Gasteiger charge is 2.34. The number of rotatable bonds is 5. The molecule has 1 saturated heterocycles. The molecule has 2 unspecified atom stereocenters. The number of carbonyl (C=O) groups is 1. The summed E-state index contributed by atoms with van der Waals surface area (Å²) in [6.45, 7) is 5.83. The minimum absolute atomic E-state index is 0.112. The zero-order chi connectivity index (χ0) is 13.0. The summed E-state index contributed by atoms with van der Waals surface area (Å²) in [6.07, 6.45) is 1.40. The van der Waals surface area contributed by atoms with Gasteiger partial charge < -0.3 is 9.80 Å². The summed E-state index contributed by atoms with van der Waals surface area (Å²) < 4.78 is 0. The van der Waals surface area contributed by atoms with Crippen molar-refractivity contribution in [1.29, 1.82) is 5.26 Å². The van der Waals surface area contributed by atoms with Crippen LogP contribution in [0.5, 0.6) is 0 Å². The molecule has 1 rings (SSSR count). The van der Waals surface area contributed by atoms with E-state index in [1.54, 1.807) is 0 Å². The number of hydrogen-bond acceptors (Lipinski definition) is 3. The first-order valence-electron chi connectivity index (χ1n) is 6.27. The highest BCUT2D eigenvalue weighted by molar-refractivity contribution is 5.79. The van der Waals surface area contributed by atoms with E-state index >= 15 is 0 Å². The van der Waals surface area contributed by atoms with Crippen molar-refractivity contribution >= 4 is 5.91 Å². The third-order valence-electron chi connectivity index (χ3n) is 3.10. The zero-order valence-electron chi connectivity index (χ0n) is 11.3. The smallest absolute Gasteiger partial charge is 0.224 e. The summed E-state index contributed by atoms with van der Waals surface area (Å²) in [4.78, 5) is 15.9. The second-order valence-electron chi connectivity index (χ2n) is 5.62. The van der Waals surface area contributed by atoms with Gasteiger partial charge in [-0.2, -0.15) is 5.26 Å². The van der Waals surface area contributed by atoms with Crippen LogP contribution in [0.2, 0.25) is 0 Å². The van der Waals surface area contributed by atoms with Crippen LogP contribution >= 0.6 is 0 Å². The van der Waals surface area contributed by atoms with Crippen LogP contribution in [0, 0.1) is 23.2 Å². The molecule has 17 heavy (non-hydrogen) atoms. The van der Waals surface area contributed by atoms with Crippen LogP contribution in [0.4, 0.5) is 0 Å². The van der Waals surface area contributed by atoms with Gasteiger partial charge in [0.05, 0.1) is 12.0 Å². The Hall–Kier alpha value is -1.08. The monoisotopic (exact) mass is 237 g/mol. The Morgan fingerprint density at radius 1 is 1.53 bits per heavy atom. The average Bonchev–Trinajstić information content (AvgIpc) is 2.57. The first-order valence-corrected chi connectivity index (χ1v) is 6.27. The zero-order valence-corrected chi connectivity index (χ0v) is 11.3. The van der Waals surface area contributed by atoms with Crippen molar-refractivity contribution in [3.8, 4) is 6.07 Å². The van der Waals surface area contributed by atoms with E-state index in [0.29, 0.717) is 18.9 Å². The highest BCUT2D eigenvalue weighted by Crippen LogP contribution is 2.23. The summed E-state index contributed by atoms with van der Waals surface area (Å²) in [7, 11) is 4.05. The van der Waals surface area contributed by atoms with Crippen molar-refractivity contribution in [2.75, 3.05) is 27.2 Å². The lowest BCUT2D eigenvalue weighted by Gasteiger charge is -2.31. The number of carbonyl (C=O) groups excluding carboxylic acids is 1. The number of nitriles is 1. The summed E-state index contributed by atoms with van der Waals surface area (Å²) in [5.41, 5.74) is 0. The molecule has 4 nitrogen and oxygen atoms in total. The van der Waals surface area contributed by atoms with E-state index in [2.05, 4.69) is 24.8 Å². The van der Waals surface area contributed by atoms with Gasteiger partial charge in [0, 0.05) is 25.6 Å². The Bertz CT molecular complexity index is 296. The van der Waals surface area contributed by atoms with Crippen molar-refractivity contribution in [2.45, 2.75) is 32.7 Å². The van der Waals surface area contributed by atoms with Crippen LogP contribution in [-0.4, -0.2) is 48.9 Å². The molecule has 0 N–H and O–H groups in total. The predicted molar refractivity (Wildman–Crippen MR) is 67.2 cm³/mol. The molecule has 2 atom stereocenters. The highest BCUT2D eigenvalue weighted by atomic mass is 16.2. The summed E-state index contributed by atoms with van der Waals surface area (Å²) >= 11 is 0. The van der Waals surface area contributed by atoms with Crippen molar-refractivity contribution in [3.05, 3.63) is 0 Å². The van der Waals surface area contributed by atoms with E-state index in [0.717, 1.165) is 13.0 Å². The summed E-state index contributed by atoms with van der Waals surface area (Å²) in [6, 6.07) is 2.46. The fourth-order valence-electron chi connectivity index (χ4n) is 2.44. The maximum absolute atomic E-state index is 11.9. The largest absolute Gasteiger partial charge is 0.337 e. The van der Waals surface area contributed by atoms with E-state index in [-0.39, 0.29) is 17.9 Å². The third kappa shape index (κ3) is 4.01. The Balaban J connectivity index is 2.69. The number of nitrogens with zero attached hydrogens (tertiary/aromatic N) is 3. The van der Waals surface area contributed by atoms with Gasteiger partial charge in [0.1, 0.15) is 0 Å². The minimum atomic E-state index is -0.112. The molecule has 0 aromatic carbocycles. The van der Waals surface area contributed by atoms with Crippen LogP contribution < -0.4 is 0 Å². The summed E-state index contributed by atoms with van der Waals surface area (Å²) in [5.74, 6) is 0.595. The number of likely N-dealkylation sites (N-methyl/N-ethyl adjacent to an activating group) is 1. The molecule has 1 heterocycles. The molecule has 0 aromatic rings. The van der Waals surface area contributed by atoms with Gasteiger partial charge in [-0.1, -0.05) is 13.8 Å². The lowest BCUT2D eigenvalue weighted by molar-refractivity contribution is -0.130. The van der Waals surface area contributed by atoms with Gasteiger partial charge in [-0.25, -0.2) is 0 Å². The van der Waals surface area contributed by atoms with Crippen LogP contribution in [0.25, 0.3) is 0 Å². The van der Waals surface area contributed by atoms with Gasteiger partial charge in [0.15, 0.2) is 0 Å². The lowest BCUT2D eigenvalue weighted by atomic mass is 10.0. The van der Waals surface area contributed by atoms with Crippen molar-refractivity contribution in [1.82, 2.24) is 9.80 Å². The van der Waals surface area contributed by atoms with Crippen LogP contribution in [0.3, 0.4) is 0 Å². The molecule has 0 saturated carbocycles. The van der Waals surface area contributed by atoms with Gasteiger partial charge in [0.25, 0.3) is 0 Å². The van der Waals surface area contributed by atoms with Gasteiger partial charge >= 0.3 is 0 Å². The van der Waals surface area contributed by atoms with Gasteiger partial charge in [0.2, 0.25) is 5.91 Å². The third-order valence-corrected chi connectivity index (χ3v) is 3.10. The van der Waals surface area contributed by atoms with E-state index in [1.807, 2.05) is 19.0 Å². The number of amides is 1. The van der Waals surface area contributed by atoms with Gasteiger partial charge in [-0.15, -0.1) is 0 Å². The van der Waals surface area contributed by atoms with Crippen molar-refractivity contribution in [3.63, 3.8) is 0 Å². The maximum atomic E-state index is 11.9. The molecule has 1 aliphatic heterocycles. The average molecular weight is 237 g/mol. The molecule has 1 aliphatic rings. The van der Waals surface area contributed by atoms with Crippen LogP contribution in [0.15, 0.2) is 0 Å². The molecule has 1 amide bonds. The van der Waals surface area contributed by atoms with E-state index in [4.69, 9.17) is 5.26 Å². The molecular weight excluding hydrogens is 214 g/mol. The normalized spacial score (nSPS) is 22.3. The summed E-state index contributed by atoms with van der Waals surface area (Å²) in [5, 5.41) is 8.91. The Labute approximate surface area is 104 Å². The molecular formula is C13H23N3O. The molecule has 0 radical (unpaired) electrons. The van der Waals surface area contributed by atoms with Crippen molar-refractivity contribution in [2.24, 2.45) is 11.8 Å². The van der Waals surface area contributed by atoms with E-state index in [9.17, 15) is 4.79 Å². The molecule has 0 bridgehead atoms. The topological polar surface area (TPSA) is 47.3 Å². The quantitative estimate of drug-likeness (QED) is 0.725. The molecule has 96 valence electrons. The molecule has 0 aliphatic carbocycles. The Morgan fingerprint density at radius 3 is 2.59 bits per heavy atom. The van der Waals surface area contributed by atoms with Crippen LogP contribution in [0.1, 0.15) is 26.7 Å². The Morgan fingerprint density at radius 2 is 2.18 bits per heavy atom. The minimum Gasteiger partial charge on any atom is -0.337 e. The fraction of sp³-hybridized carbons (Fsp3) is 0.846. The first-order chi connectivity index (χ1) is 7.93. The van der Waals surface area contributed by atoms with Gasteiger partial charge in [-0.3, -0.25) is 4.79 Å². The predicted octanol–water partition coefficient (Wildman–Crippen LogP) is 1.33. The first kappa shape index (κ1) is 14.0.